The van der Waals surface area contributed by atoms with Gasteiger partial charge in [0.15, 0.2) is 0 Å². The fourth-order valence-corrected chi connectivity index (χ4v) is 1.96. The summed E-state index contributed by atoms with van der Waals surface area (Å²) in [6.07, 6.45) is -5.04. The van der Waals surface area contributed by atoms with E-state index in [9.17, 15) is 17.7 Å². The number of hydrogen-bond acceptors (Lipinski definition) is 7. The maximum absolute atomic E-state index is 11.8. The Labute approximate surface area is 133 Å². The van der Waals surface area contributed by atoms with Gasteiger partial charge in [-0.15, -0.1) is 0 Å². The molecule has 0 rings (SSSR count). The second-order valence-corrected chi connectivity index (χ2v) is 6.08. The van der Waals surface area contributed by atoms with Crippen molar-refractivity contribution in [3.05, 3.63) is 0 Å². The third-order valence-electron chi connectivity index (χ3n) is 2.42. The number of rotatable bonds is 15. The molecule has 140 valence electrons. The maximum atomic E-state index is 11.8. The second-order valence-electron chi connectivity index (χ2n) is 4.20. The Balaban J connectivity index is 3.24. The van der Waals surface area contributed by atoms with Crippen LogP contribution < -0.4 is 0 Å². The Kier molecular flexibility index (Phi) is 13.0. The summed E-state index contributed by atoms with van der Waals surface area (Å²) in [5.74, 6) is 0. The van der Waals surface area contributed by atoms with E-state index in [1.807, 2.05) is 0 Å². The highest BCUT2D eigenvalue weighted by molar-refractivity contribution is 7.48. The highest BCUT2D eigenvalue weighted by Crippen LogP contribution is 2.47. The van der Waals surface area contributed by atoms with E-state index in [-0.39, 0.29) is 39.5 Å². The minimum atomic E-state index is -4.14. The summed E-state index contributed by atoms with van der Waals surface area (Å²) < 4.78 is 76.3. The minimum Gasteiger partial charge on any atom is -0.379 e. The third-order valence-corrected chi connectivity index (χ3v) is 3.81. The molecule has 0 aromatic rings. The number of hydrogen-bond donors (Lipinski definition) is 0. The van der Waals surface area contributed by atoms with Crippen LogP contribution in [0, 0.1) is 0 Å². The maximum Gasteiger partial charge on any atom is 0.474 e. The van der Waals surface area contributed by atoms with Crippen LogP contribution in [0.1, 0.15) is 12.8 Å². The Morgan fingerprint density at radius 1 is 0.783 bits per heavy atom. The van der Waals surface area contributed by atoms with Gasteiger partial charge in [0.1, 0.15) is 0 Å². The van der Waals surface area contributed by atoms with Crippen molar-refractivity contribution < 1.29 is 45.5 Å². The summed E-state index contributed by atoms with van der Waals surface area (Å²) in [6.45, 7) is 1.38. The normalized spacial score (nSPS) is 12.7. The van der Waals surface area contributed by atoms with Gasteiger partial charge in [-0.25, -0.2) is 4.57 Å². The summed E-state index contributed by atoms with van der Waals surface area (Å²) in [5, 5.41) is 0. The Morgan fingerprint density at radius 3 is 1.65 bits per heavy atom. The predicted molar refractivity (Wildman–Crippen MR) is 75.3 cm³/mol. The van der Waals surface area contributed by atoms with E-state index in [4.69, 9.17) is 18.7 Å². The topological polar surface area (TPSA) is 72.5 Å². The van der Waals surface area contributed by atoms with E-state index >= 15 is 0 Å². The van der Waals surface area contributed by atoms with E-state index in [1.165, 1.54) is 14.2 Å². The van der Waals surface area contributed by atoms with Crippen LogP contribution in [0.4, 0.5) is 13.2 Å². The minimum absolute atomic E-state index is 0.0429. The molecule has 11 heteroatoms. The predicted octanol–water partition coefficient (Wildman–Crippen LogP) is 2.80. The zero-order valence-corrected chi connectivity index (χ0v) is 14.2. The van der Waals surface area contributed by atoms with Gasteiger partial charge in [-0.2, -0.15) is 13.2 Å². The molecule has 0 bridgehead atoms. The zero-order chi connectivity index (χ0) is 17.6. The highest BCUT2D eigenvalue weighted by Gasteiger charge is 2.25. The van der Waals surface area contributed by atoms with E-state index < -0.39 is 20.4 Å². The first kappa shape index (κ1) is 22.8. The Hall–Kier alpha value is -0.220. The molecule has 0 heterocycles. The lowest BCUT2D eigenvalue weighted by atomic mass is 10.3. The van der Waals surface area contributed by atoms with E-state index in [0.29, 0.717) is 13.2 Å². The Morgan fingerprint density at radius 2 is 1.22 bits per heavy atom. The van der Waals surface area contributed by atoms with Gasteiger partial charge in [0.2, 0.25) is 0 Å². The molecular formula is C12H24F3O7P. The smallest absolute Gasteiger partial charge is 0.379 e. The van der Waals surface area contributed by atoms with Crippen LogP contribution in [0.3, 0.4) is 0 Å². The summed E-state index contributed by atoms with van der Waals surface area (Å²) in [6, 6.07) is 0. The van der Waals surface area contributed by atoms with Crippen LogP contribution in [0.25, 0.3) is 0 Å². The molecule has 0 atom stereocenters. The molecule has 0 saturated heterocycles. The number of ether oxygens (including phenoxy) is 3. The average Bonchev–Trinajstić information content (AvgIpc) is 2.50. The molecule has 0 unspecified atom stereocenters. The van der Waals surface area contributed by atoms with Crippen molar-refractivity contribution in [2.75, 3.05) is 60.5 Å². The monoisotopic (exact) mass is 368 g/mol. The molecule has 0 saturated carbocycles. The summed E-state index contributed by atoms with van der Waals surface area (Å²) >= 11 is 0. The van der Waals surface area contributed by atoms with Gasteiger partial charge in [-0.05, 0) is 6.42 Å². The molecule has 0 fully saturated rings. The zero-order valence-electron chi connectivity index (χ0n) is 13.3. The van der Waals surface area contributed by atoms with Crippen LogP contribution >= 0.6 is 7.82 Å². The van der Waals surface area contributed by atoms with Gasteiger partial charge in [0, 0.05) is 27.2 Å². The van der Waals surface area contributed by atoms with Crippen molar-refractivity contribution in [1.82, 2.24) is 0 Å². The van der Waals surface area contributed by atoms with Gasteiger partial charge in [-0.3, -0.25) is 13.6 Å². The van der Waals surface area contributed by atoms with Gasteiger partial charge < -0.3 is 14.2 Å². The quantitative estimate of drug-likeness (QED) is 0.325. The molecular weight excluding hydrogens is 344 g/mol. The van der Waals surface area contributed by atoms with Crippen molar-refractivity contribution in [3.63, 3.8) is 0 Å². The molecule has 0 aliphatic rings. The van der Waals surface area contributed by atoms with Crippen LogP contribution in [-0.2, 0) is 32.3 Å². The fraction of sp³-hybridized carbons (Fsp3) is 1.00. The number of phosphoric acid groups is 1. The van der Waals surface area contributed by atoms with Crippen molar-refractivity contribution in [2.45, 2.75) is 19.0 Å². The second kappa shape index (κ2) is 13.1. The summed E-state index contributed by atoms with van der Waals surface area (Å²) in [5.41, 5.74) is 0. The van der Waals surface area contributed by atoms with Crippen molar-refractivity contribution >= 4 is 7.82 Å². The first-order valence-electron chi connectivity index (χ1n) is 6.99. The van der Waals surface area contributed by atoms with E-state index in [1.54, 1.807) is 0 Å². The molecule has 0 aromatic heterocycles. The largest absolute Gasteiger partial charge is 0.474 e. The van der Waals surface area contributed by atoms with Crippen LogP contribution in [0.15, 0.2) is 0 Å². The average molecular weight is 368 g/mol. The summed E-state index contributed by atoms with van der Waals surface area (Å²) in [4.78, 5) is 0. The van der Waals surface area contributed by atoms with Crippen molar-refractivity contribution in [1.29, 1.82) is 0 Å². The molecule has 0 spiro atoms. The molecule has 0 aliphatic carbocycles. The molecule has 0 amide bonds. The lowest BCUT2D eigenvalue weighted by Gasteiger charge is -2.13. The lowest BCUT2D eigenvalue weighted by Crippen LogP contribution is -2.13. The van der Waals surface area contributed by atoms with Gasteiger partial charge in [0.05, 0.1) is 39.6 Å². The van der Waals surface area contributed by atoms with Gasteiger partial charge in [-0.1, -0.05) is 0 Å². The lowest BCUT2D eigenvalue weighted by molar-refractivity contribution is -0.138. The first-order chi connectivity index (χ1) is 10.8. The standard InChI is InChI=1S/C12H24F3O7P/c1-17-23(16,18-2)22-11-10-21-9-8-20-7-6-19-5-3-4-12(13,14)15/h3-11H2,1-2H3. The van der Waals surface area contributed by atoms with Gasteiger partial charge in [0.25, 0.3) is 0 Å². The van der Waals surface area contributed by atoms with Crippen LogP contribution in [0.5, 0.6) is 0 Å². The van der Waals surface area contributed by atoms with E-state index in [0.717, 1.165) is 0 Å². The molecule has 0 radical (unpaired) electrons. The third kappa shape index (κ3) is 15.1. The number of phosphoric ester groups is 1. The number of halogens is 3. The van der Waals surface area contributed by atoms with Crippen molar-refractivity contribution in [2.24, 2.45) is 0 Å². The highest BCUT2D eigenvalue weighted by atomic mass is 31.2. The number of alkyl halides is 3. The SMILES string of the molecule is COP(=O)(OC)OCCOCCOCCOCCCC(F)(F)F. The fourth-order valence-electron chi connectivity index (χ4n) is 1.30. The van der Waals surface area contributed by atoms with Crippen LogP contribution in [0.2, 0.25) is 0 Å². The molecule has 23 heavy (non-hydrogen) atoms. The molecule has 0 aromatic carbocycles. The summed E-state index contributed by atoms with van der Waals surface area (Å²) in [7, 11) is -1.04. The van der Waals surface area contributed by atoms with Crippen LogP contribution in [-0.4, -0.2) is 66.6 Å². The van der Waals surface area contributed by atoms with Crippen molar-refractivity contribution in [3.8, 4) is 0 Å². The molecule has 0 N–H and O–H groups in total. The van der Waals surface area contributed by atoms with Gasteiger partial charge >= 0.3 is 14.0 Å². The first-order valence-corrected chi connectivity index (χ1v) is 8.45. The Bertz CT molecular complexity index is 320. The van der Waals surface area contributed by atoms with E-state index in [2.05, 4.69) is 9.05 Å². The molecule has 7 nitrogen and oxygen atoms in total. The molecule has 0 aliphatic heterocycles.